The van der Waals surface area contributed by atoms with E-state index in [0.717, 1.165) is 6.07 Å². The van der Waals surface area contributed by atoms with Crippen molar-refractivity contribution in [2.45, 2.75) is 26.1 Å². The van der Waals surface area contributed by atoms with Gasteiger partial charge in [-0.15, -0.1) is 0 Å². The topological polar surface area (TPSA) is 61.3 Å². The van der Waals surface area contributed by atoms with Gasteiger partial charge in [-0.05, 0) is 44.2 Å². The Balaban J connectivity index is 1.63. The first kappa shape index (κ1) is 25.2. The van der Waals surface area contributed by atoms with Crippen LogP contribution in [0.3, 0.4) is 0 Å². The zero-order chi connectivity index (χ0) is 25.3. The van der Waals surface area contributed by atoms with Gasteiger partial charge in [-0.2, -0.15) is 28.1 Å². The van der Waals surface area contributed by atoms with Crippen LogP contribution in [-0.4, -0.2) is 59.2 Å². The maximum absolute atomic E-state index is 13.5. The van der Waals surface area contributed by atoms with Gasteiger partial charge in [-0.25, -0.2) is 4.98 Å². The van der Waals surface area contributed by atoms with Crippen molar-refractivity contribution < 1.29 is 13.2 Å². The first-order valence-corrected chi connectivity index (χ1v) is 11.8. The van der Waals surface area contributed by atoms with Crippen LogP contribution in [0.1, 0.15) is 19.4 Å². The van der Waals surface area contributed by atoms with Crippen LogP contribution in [0.4, 0.5) is 30.9 Å². The third kappa shape index (κ3) is 5.54. The second-order valence-corrected chi connectivity index (χ2v) is 9.25. The number of piperazine rings is 1. The van der Waals surface area contributed by atoms with E-state index >= 15 is 0 Å². The fourth-order valence-corrected chi connectivity index (χ4v) is 3.93. The Labute approximate surface area is 211 Å². The van der Waals surface area contributed by atoms with Gasteiger partial charge >= 0.3 is 6.18 Å². The third-order valence-corrected chi connectivity index (χ3v) is 6.57. The lowest BCUT2D eigenvalue weighted by atomic mass is 10.2. The molecule has 0 radical (unpaired) electrons. The number of aromatic nitrogens is 4. The van der Waals surface area contributed by atoms with Gasteiger partial charge in [0, 0.05) is 51.0 Å². The highest BCUT2D eigenvalue weighted by Crippen LogP contribution is 2.35. The van der Waals surface area contributed by atoms with Crippen molar-refractivity contribution in [2.24, 2.45) is 0 Å². The van der Waals surface area contributed by atoms with Gasteiger partial charge < -0.3 is 14.7 Å². The molecule has 35 heavy (non-hydrogen) atoms. The number of rotatable bonds is 5. The summed E-state index contributed by atoms with van der Waals surface area (Å²) in [4.78, 5) is 23.4. The third-order valence-electron chi connectivity index (χ3n) is 5.83. The standard InChI is InChI=1S/C23H24Cl2F3N7/c1-14(2)33(3)21-30-19(15-6-7-17(24)18(25)13-15)31-22(32-21)35-11-9-34(10-12-35)20-16(23(26,27)28)5-4-8-29-20/h4-8,13-14H,9-12H2,1-3H3. The Morgan fingerprint density at radius 2 is 1.63 bits per heavy atom. The number of hydrogen-bond donors (Lipinski definition) is 0. The molecule has 0 unspecified atom stereocenters. The highest BCUT2D eigenvalue weighted by atomic mass is 35.5. The van der Waals surface area contributed by atoms with E-state index in [0.29, 0.717) is 59.5 Å². The minimum Gasteiger partial charge on any atom is -0.353 e. The molecule has 2 aromatic heterocycles. The van der Waals surface area contributed by atoms with Gasteiger partial charge in [0.25, 0.3) is 0 Å². The number of benzene rings is 1. The maximum atomic E-state index is 13.5. The number of anilines is 3. The van der Waals surface area contributed by atoms with Crippen molar-refractivity contribution in [1.29, 1.82) is 0 Å². The van der Waals surface area contributed by atoms with Crippen LogP contribution in [0.2, 0.25) is 10.0 Å². The predicted molar refractivity (Wildman–Crippen MR) is 132 cm³/mol. The average molecular weight is 526 g/mol. The van der Waals surface area contributed by atoms with E-state index in [-0.39, 0.29) is 11.9 Å². The second-order valence-electron chi connectivity index (χ2n) is 8.44. The molecule has 186 valence electrons. The summed E-state index contributed by atoms with van der Waals surface area (Å²) < 4.78 is 40.4. The molecule has 3 heterocycles. The fraction of sp³-hybridized carbons (Fsp3) is 0.391. The van der Waals surface area contributed by atoms with E-state index in [1.165, 1.54) is 12.3 Å². The molecule has 12 heteroatoms. The van der Waals surface area contributed by atoms with Crippen molar-refractivity contribution in [1.82, 2.24) is 19.9 Å². The molecule has 0 aliphatic carbocycles. The summed E-state index contributed by atoms with van der Waals surface area (Å²) in [6, 6.07) is 7.64. The van der Waals surface area contributed by atoms with E-state index in [1.807, 2.05) is 30.7 Å². The van der Waals surface area contributed by atoms with Crippen molar-refractivity contribution in [2.75, 3.05) is 47.9 Å². The van der Waals surface area contributed by atoms with Gasteiger partial charge in [0.1, 0.15) is 5.82 Å². The first-order chi connectivity index (χ1) is 16.5. The molecule has 1 fully saturated rings. The lowest BCUT2D eigenvalue weighted by Gasteiger charge is -2.36. The molecule has 0 atom stereocenters. The molecule has 0 N–H and O–H groups in total. The second kappa shape index (κ2) is 10.0. The monoisotopic (exact) mass is 525 g/mol. The maximum Gasteiger partial charge on any atom is 0.419 e. The van der Waals surface area contributed by atoms with E-state index in [2.05, 4.69) is 19.9 Å². The van der Waals surface area contributed by atoms with Crippen LogP contribution in [0.25, 0.3) is 11.4 Å². The van der Waals surface area contributed by atoms with Crippen LogP contribution >= 0.6 is 23.2 Å². The highest BCUT2D eigenvalue weighted by molar-refractivity contribution is 6.42. The molecule has 7 nitrogen and oxygen atoms in total. The highest BCUT2D eigenvalue weighted by Gasteiger charge is 2.36. The van der Waals surface area contributed by atoms with Crippen molar-refractivity contribution in [3.63, 3.8) is 0 Å². The molecule has 1 aromatic carbocycles. The summed E-state index contributed by atoms with van der Waals surface area (Å²) >= 11 is 12.3. The fourth-order valence-electron chi connectivity index (χ4n) is 3.64. The Kier molecular flexibility index (Phi) is 7.23. The van der Waals surface area contributed by atoms with Gasteiger partial charge in [0.15, 0.2) is 5.82 Å². The van der Waals surface area contributed by atoms with Crippen molar-refractivity contribution in [3.8, 4) is 11.4 Å². The van der Waals surface area contributed by atoms with E-state index in [4.69, 9.17) is 23.2 Å². The number of halogens is 5. The van der Waals surface area contributed by atoms with Gasteiger partial charge in [-0.1, -0.05) is 23.2 Å². The predicted octanol–water partition coefficient (Wildman–Crippen LogP) is 5.43. The van der Waals surface area contributed by atoms with Gasteiger partial charge in [-0.3, -0.25) is 0 Å². The molecule has 0 saturated carbocycles. The minimum atomic E-state index is -4.47. The summed E-state index contributed by atoms with van der Waals surface area (Å²) in [5.41, 5.74) is -0.0558. The van der Waals surface area contributed by atoms with E-state index in [9.17, 15) is 13.2 Å². The smallest absolute Gasteiger partial charge is 0.353 e. The quantitative estimate of drug-likeness (QED) is 0.440. The Hall–Kier alpha value is -2.85. The molecule has 1 saturated heterocycles. The zero-order valence-electron chi connectivity index (χ0n) is 19.4. The summed E-state index contributed by atoms with van der Waals surface area (Å²) in [6.07, 6.45) is -3.10. The molecule has 0 bridgehead atoms. The van der Waals surface area contributed by atoms with Crippen LogP contribution < -0.4 is 14.7 Å². The summed E-state index contributed by atoms with van der Waals surface area (Å²) in [5, 5.41) is 0.808. The summed E-state index contributed by atoms with van der Waals surface area (Å²) in [7, 11) is 1.89. The number of hydrogen-bond acceptors (Lipinski definition) is 7. The van der Waals surface area contributed by atoms with Crippen LogP contribution in [0.15, 0.2) is 36.5 Å². The largest absolute Gasteiger partial charge is 0.419 e. The zero-order valence-corrected chi connectivity index (χ0v) is 20.9. The first-order valence-electron chi connectivity index (χ1n) is 11.0. The van der Waals surface area contributed by atoms with E-state index in [1.54, 1.807) is 23.1 Å². The minimum absolute atomic E-state index is 0.0629. The normalized spacial score (nSPS) is 14.5. The molecule has 1 aliphatic heterocycles. The lowest BCUT2D eigenvalue weighted by molar-refractivity contribution is -0.137. The average Bonchev–Trinajstić information content (AvgIpc) is 2.84. The molecular weight excluding hydrogens is 502 g/mol. The molecule has 1 aliphatic rings. The Morgan fingerprint density at radius 3 is 2.26 bits per heavy atom. The number of alkyl halides is 3. The van der Waals surface area contributed by atoms with Crippen molar-refractivity contribution >= 4 is 40.9 Å². The van der Waals surface area contributed by atoms with E-state index < -0.39 is 11.7 Å². The van der Waals surface area contributed by atoms with Crippen LogP contribution in [-0.2, 0) is 6.18 Å². The Morgan fingerprint density at radius 1 is 0.943 bits per heavy atom. The Bertz CT molecular complexity index is 1200. The van der Waals surface area contributed by atoms with Crippen molar-refractivity contribution in [3.05, 3.63) is 52.1 Å². The summed E-state index contributed by atoms with van der Waals surface area (Å²) in [5.74, 6) is 1.30. The molecule has 0 amide bonds. The SMILES string of the molecule is CC(C)N(C)c1nc(-c2ccc(Cl)c(Cl)c2)nc(N2CCN(c3ncccc3C(F)(F)F)CC2)n1. The van der Waals surface area contributed by atoms with Gasteiger partial charge in [0.05, 0.1) is 15.6 Å². The lowest BCUT2D eigenvalue weighted by Crippen LogP contribution is -2.48. The number of nitrogens with zero attached hydrogens (tertiary/aromatic N) is 7. The molecule has 3 aromatic rings. The summed E-state index contributed by atoms with van der Waals surface area (Å²) in [6.45, 7) is 5.55. The van der Waals surface area contributed by atoms with Crippen LogP contribution in [0, 0.1) is 0 Å². The number of pyridine rings is 1. The molecule has 4 rings (SSSR count). The van der Waals surface area contributed by atoms with Crippen LogP contribution in [0.5, 0.6) is 0 Å². The molecular formula is C23H24Cl2F3N7. The van der Waals surface area contributed by atoms with Gasteiger partial charge in [0.2, 0.25) is 11.9 Å². The molecule has 0 spiro atoms.